The van der Waals surface area contributed by atoms with E-state index in [0.717, 1.165) is 5.56 Å². The first-order valence-electron chi connectivity index (χ1n) is 6.36. The first-order valence-corrected chi connectivity index (χ1v) is 7.84. The highest BCUT2D eigenvalue weighted by molar-refractivity contribution is 7.89. The molecule has 0 aliphatic heterocycles. The maximum Gasteiger partial charge on any atom is 0.253 e. The van der Waals surface area contributed by atoms with Gasteiger partial charge in [0.15, 0.2) is 0 Å². The lowest BCUT2D eigenvalue weighted by Gasteiger charge is -2.16. The second kappa shape index (κ2) is 7.03. The maximum absolute atomic E-state index is 12.1. The topological polar surface area (TPSA) is 70.7 Å². The van der Waals surface area contributed by atoms with Crippen molar-refractivity contribution in [2.45, 2.75) is 31.3 Å². The number of rotatable bonds is 7. The van der Waals surface area contributed by atoms with Crippen LogP contribution in [-0.2, 0) is 16.6 Å². The Kier molecular flexibility index (Phi) is 5.94. The van der Waals surface area contributed by atoms with Gasteiger partial charge in [0.1, 0.15) is 5.75 Å². The summed E-state index contributed by atoms with van der Waals surface area (Å²) in [4.78, 5) is 2.62. The largest absolute Gasteiger partial charge is 0.496 e. The van der Waals surface area contributed by atoms with Crippen LogP contribution in [0.3, 0.4) is 0 Å². The third-order valence-electron chi connectivity index (χ3n) is 2.57. The fraction of sp³-hybridized carbons (Fsp3) is 0.538. The van der Waals surface area contributed by atoms with Crippen molar-refractivity contribution in [3.05, 3.63) is 23.8 Å². The summed E-state index contributed by atoms with van der Waals surface area (Å²) in [6.45, 7) is 4.60. The smallest absolute Gasteiger partial charge is 0.253 e. The Morgan fingerprint density at radius 2 is 1.95 bits per heavy atom. The Bertz CT molecular complexity index is 542. The van der Waals surface area contributed by atoms with Crippen molar-refractivity contribution in [2.24, 2.45) is 0 Å². The summed E-state index contributed by atoms with van der Waals surface area (Å²) < 4.78 is 29.5. The quantitative estimate of drug-likeness (QED) is 0.734. The zero-order valence-electron chi connectivity index (χ0n) is 12.6. The van der Waals surface area contributed by atoms with Gasteiger partial charge in [0.05, 0.1) is 12.0 Å². The van der Waals surface area contributed by atoms with Gasteiger partial charge >= 0.3 is 0 Å². The molecule has 1 aromatic carbocycles. The van der Waals surface area contributed by atoms with E-state index in [0.29, 0.717) is 18.3 Å². The Labute approximate surface area is 121 Å². The van der Waals surface area contributed by atoms with Gasteiger partial charge in [-0.1, -0.05) is 13.8 Å². The summed E-state index contributed by atoms with van der Waals surface area (Å²) >= 11 is 0. The van der Waals surface area contributed by atoms with E-state index in [-0.39, 0.29) is 4.90 Å². The summed E-state index contributed by atoms with van der Waals surface area (Å²) in [5.41, 5.74) is 0.808. The molecule has 0 heterocycles. The van der Waals surface area contributed by atoms with Gasteiger partial charge in [0, 0.05) is 32.2 Å². The Morgan fingerprint density at radius 3 is 2.45 bits per heavy atom. The lowest BCUT2D eigenvalue weighted by molar-refractivity contribution is 0.364. The summed E-state index contributed by atoms with van der Waals surface area (Å²) in [7, 11) is 1.27. The van der Waals surface area contributed by atoms with Crippen LogP contribution in [0.2, 0.25) is 0 Å². The van der Waals surface area contributed by atoms with Gasteiger partial charge in [0.25, 0.3) is 10.0 Å². The van der Waals surface area contributed by atoms with Crippen LogP contribution >= 0.6 is 0 Å². The average molecular weight is 301 g/mol. The van der Waals surface area contributed by atoms with Crippen LogP contribution in [0.4, 0.5) is 0 Å². The fourth-order valence-electron chi connectivity index (χ4n) is 1.67. The molecule has 0 saturated heterocycles. The van der Waals surface area contributed by atoms with Crippen LogP contribution < -0.4 is 14.9 Å². The van der Waals surface area contributed by atoms with E-state index in [9.17, 15) is 8.42 Å². The molecule has 0 aliphatic carbocycles. The molecule has 0 fully saturated rings. The Morgan fingerprint density at radius 1 is 1.30 bits per heavy atom. The van der Waals surface area contributed by atoms with E-state index in [4.69, 9.17) is 4.74 Å². The van der Waals surface area contributed by atoms with Crippen LogP contribution in [0.15, 0.2) is 23.1 Å². The minimum atomic E-state index is -3.55. The van der Waals surface area contributed by atoms with E-state index in [1.807, 2.05) is 13.8 Å². The summed E-state index contributed by atoms with van der Waals surface area (Å²) in [6.07, 6.45) is 0. The highest BCUT2D eigenvalue weighted by atomic mass is 32.2. The van der Waals surface area contributed by atoms with Crippen LogP contribution in [0.25, 0.3) is 0 Å². The second-order valence-corrected chi connectivity index (χ2v) is 6.66. The number of methoxy groups -OCH3 is 1. The Hall–Kier alpha value is -1.15. The fourth-order valence-corrected chi connectivity index (χ4v) is 2.80. The number of hydrogen-bond acceptors (Lipinski definition) is 5. The van der Waals surface area contributed by atoms with Gasteiger partial charge in [-0.3, -0.25) is 0 Å². The molecule has 0 aromatic heterocycles. The minimum Gasteiger partial charge on any atom is -0.496 e. The van der Waals surface area contributed by atoms with Crippen molar-refractivity contribution in [1.82, 2.24) is 15.2 Å². The third kappa shape index (κ3) is 4.75. The van der Waals surface area contributed by atoms with Crippen molar-refractivity contribution in [3.63, 3.8) is 0 Å². The van der Waals surface area contributed by atoms with Gasteiger partial charge in [-0.05, 0) is 18.2 Å². The molecule has 1 aromatic rings. The standard InChI is InChI=1S/C13H23N3O3S/c1-10(2)14-9-11-8-12(6-7-13(11)19-5)20(17,18)15-16(3)4/h6-8,10,14-15H,9H2,1-5H3. The first-order chi connectivity index (χ1) is 9.26. The van der Waals surface area contributed by atoms with Crippen molar-refractivity contribution < 1.29 is 13.2 Å². The predicted octanol–water partition coefficient (Wildman–Crippen LogP) is 0.948. The van der Waals surface area contributed by atoms with Crippen molar-refractivity contribution in [1.29, 1.82) is 0 Å². The molecule has 2 N–H and O–H groups in total. The van der Waals surface area contributed by atoms with E-state index in [1.54, 1.807) is 33.3 Å². The monoisotopic (exact) mass is 301 g/mol. The van der Waals surface area contributed by atoms with Crippen molar-refractivity contribution in [2.75, 3.05) is 21.2 Å². The highest BCUT2D eigenvalue weighted by Gasteiger charge is 2.17. The lowest BCUT2D eigenvalue weighted by Crippen LogP contribution is -2.36. The van der Waals surface area contributed by atoms with Crippen molar-refractivity contribution >= 4 is 10.0 Å². The Balaban J connectivity index is 3.08. The second-order valence-electron chi connectivity index (χ2n) is 5.00. The predicted molar refractivity (Wildman–Crippen MR) is 79.0 cm³/mol. The molecule has 20 heavy (non-hydrogen) atoms. The van der Waals surface area contributed by atoms with Gasteiger partial charge < -0.3 is 10.1 Å². The summed E-state index contributed by atoms with van der Waals surface area (Å²) in [6, 6.07) is 5.13. The molecular weight excluding hydrogens is 278 g/mol. The lowest BCUT2D eigenvalue weighted by atomic mass is 10.2. The number of nitrogens with one attached hydrogen (secondary N) is 2. The van der Waals surface area contributed by atoms with Gasteiger partial charge in [-0.15, -0.1) is 4.83 Å². The van der Waals surface area contributed by atoms with Gasteiger partial charge in [0.2, 0.25) is 0 Å². The number of hydrogen-bond donors (Lipinski definition) is 2. The molecule has 0 spiro atoms. The van der Waals surface area contributed by atoms with E-state index in [1.165, 1.54) is 11.1 Å². The van der Waals surface area contributed by atoms with Crippen molar-refractivity contribution in [3.8, 4) is 5.75 Å². The molecule has 7 heteroatoms. The summed E-state index contributed by atoms with van der Waals surface area (Å²) in [5, 5.41) is 4.64. The number of ether oxygens (including phenoxy) is 1. The molecule has 6 nitrogen and oxygen atoms in total. The maximum atomic E-state index is 12.1. The molecule has 0 amide bonds. The van der Waals surface area contributed by atoms with E-state index >= 15 is 0 Å². The number of hydrazine groups is 1. The number of benzene rings is 1. The molecule has 1 rings (SSSR count). The van der Waals surface area contributed by atoms with Crippen LogP contribution in [0, 0.1) is 0 Å². The van der Waals surface area contributed by atoms with E-state index in [2.05, 4.69) is 10.1 Å². The molecule has 0 unspecified atom stereocenters. The number of nitrogens with zero attached hydrogens (tertiary/aromatic N) is 1. The van der Waals surface area contributed by atoms with Crippen LogP contribution in [-0.4, -0.2) is 40.7 Å². The molecule has 0 saturated carbocycles. The molecule has 114 valence electrons. The van der Waals surface area contributed by atoms with Crippen LogP contribution in [0.5, 0.6) is 5.75 Å². The van der Waals surface area contributed by atoms with Gasteiger partial charge in [-0.25, -0.2) is 13.4 Å². The number of sulfonamides is 1. The normalized spacial score (nSPS) is 12.2. The first kappa shape index (κ1) is 16.9. The molecule has 0 atom stereocenters. The molecular formula is C13H23N3O3S. The third-order valence-corrected chi connectivity index (χ3v) is 4.05. The molecule has 0 bridgehead atoms. The van der Waals surface area contributed by atoms with Gasteiger partial charge in [-0.2, -0.15) is 0 Å². The average Bonchev–Trinajstić information content (AvgIpc) is 2.34. The summed E-state index contributed by atoms with van der Waals surface area (Å²) in [5.74, 6) is 0.668. The van der Waals surface area contributed by atoms with E-state index < -0.39 is 10.0 Å². The molecule has 0 radical (unpaired) electrons. The highest BCUT2D eigenvalue weighted by Crippen LogP contribution is 2.22. The zero-order valence-corrected chi connectivity index (χ0v) is 13.4. The zero-order chi connectivity index (χ0) is 15.3. The van der Waals surface area contributed by atoms with Crippen LogP contribution in [0.1, 0.15) is 19.4 Å². The minimum absolute atomic E-state index is 0.215. The SMILES string of the molecule is COc1ccc(S(=O)(=O)NN(C)C)cc1CNC(C)C. The molecule has 0 aliphatic rings.